The SMILES string of the molecule is CC/C=C\CC(C)/C=C/C=C\C/C=C\C/C=C\CC1OC1CCC(=O)O. The molecule has 0 aromatic rings. The van der Waals surface area contributed by atoms with Crippen molar-refractivity contribution in [2.24, 2.45) is 5.92 Å². The first-order valence-electron chi connectivity index (χ1n) is 9.79. The molecule has 0 saturated carbocycles. The van der Waals surface area contributed by atoms with Crippen LogP contribution in [0.1, 0.15) is 58.8 Å². The van der Waals surface area contributed by atoms with Gasteiger partial charge in [0.05, 0.1) is 12.2 Å². The quantitative estimate of drug-likeness (QED) is 0.235. The first-order valence-corrected chi connectivity index (χ1v) is 9.79. The number of carboxylic acids is 1. The number of aliphatic carboxylic acids is 1. The van der Waals surface area contributed by atoms with Crippen molar-refractivity contribution in [3.8, 4) is 0 Å². The lowest BCUT2D eigenvalue weighted by Crippen LogP contribution is -1.99. The molecule has 144 valence electrons. The highest BCUT2D eigenvalue weighted by Crippen LogP contribution is 2.29. The number of ether oxygens (including phenoxy) is 1. The van der Waals surface area contributed by atoms with Gasteiger partial charge in [0.1, 0.15) is 0 Å². The van der Waals surface area contributed by atoms with Gasteiger partial charge in [0.15, 0.2) is 0 Å². The molecular formula is C23H34O3. The lowest BCUT2D eigenvalue weighted by Gasteiger charge is -1.99. The van der Waals surface area contributed by atoms with E-state index in [4.69, 9.17) is 9.84 Å². The second-order valence-corrected chi connectivity index (χ2v) is 6.70. The lowest BCUT2D eigenvalue weighted by atomic mass is 10.1. The maximum absolute atomic E-state index is 10.5. The van der Waals surface area contributed by atoms with Crippen molar-refractivity contribution in [1.29, 1.82) is 0 Å². The van der Waals surface area contributed by atoms with Crippen LogP contribution in [0.3, 0.4) is 0 Å². The van der Waals surface area contributed by atoms with Crippen LogP contribution >= 0.6 is 0 Å². The summed E-state index contributed by atoms with van der Waals surface area (Å²) >= 11 is 0. The first kappa shape index (κ1) is 22.2. The maximum Gasteiger partial charge on any atom is 0.303 e. The molecule has 1 rings (SSSR count). The largest absolute Gasteiger partial charge is 0.481 e. The first-order chi connectivity index (χ1) is 12.6. The Balaban J connectivity index is 2.00. The molecule has 0 amide bonds. The molecule has 1 aliphatic rings. The van der Waals surface area contributed by atoms with Gasteiger partial charge in [0, 0.05) is 6.42 Å². The Morgan fingerprint density at radius 1 is 1.00 bits per heavy atom. The summed E-state index contributed by atoms with van der Waals surface area (Å²) < 4.78 is 5.44. The molecule has 0 aliphatic carbocycles. The summed E-state index contributed by atoms with van der Waals surface area (Å²) in [6.07, 6.45) is 27.9. The third kappa shape index (κ3) is 12.5. The normalized spacial score (nSPS) is 21.8. The van der Waals surface area contributed by atoms with Crippen molar-refractivity contribution in [3.05, 3.63) is 60.8 Å². The van der Waals surface area contributed by atoms with Crippen molar-refractivity contribution in [3.63, 3.8) is 0 Å². The highest BCUT2D eigenvalue weighted by Gasteiger charge is 2.37. The lowest BCUT2D eigenvalue weighted by molar-refractivity contribution is -0.137. The van der Waals surface area contributed by atoms with Crippen molar-refractivity contribution in [2.45, 2.75) is 71.0 Å². The van der Waals surface area contributed by atoms with Gasteiger partial charge in [-0.3, -0.25) is 4.79 Å². The Kier molecular flexibility index (Phi) is 12.2. The zero-order valence-corrected chi connectivity index (χ0v) is 16.2. The van der Waals surface area contributed by atoms with Crippen LogP contribution in [0.2, 0.25) is 0 Å². The molecule has 3 atom stereocenters. The summed E-state index contributed by atoms with van der Waals surface area (Å²) in [5.74, 6) is -0.162. The molecule has 1 N–H and O–H groups in total. The molecule has 1 aliphatic heterocycles. The number of allylic oxidation sites excluding steroid dienone is 9. The van der Waals surface area contributed by atoms with Gasteiger partial charge in [-0.1, -0.05) is 74.6 Å². The number of rotatable bonds is 14. The van der Waals surface area contributed by atoms with Crippen LogP contribution in [0, 0.1) is 5.92 Å². The van der Waals surface area contributed by atoms with Crippen LogP contribution < -0.4 is 0 Å². The van der Waals surface area contributed by atoms with Gasteiger partial charge in [-0.25, -0.2) is 0 Å². The van der Waals surface area contributed by atoms with E-state index in [0.29, 0.717) is 12.3 Å². The monoisotopic (exact) mass is 358 g/mol. The number of carbonyl (C=O) groups is 1. The van der Waals surface area contributed by atoms with Crippen LogP contribution in [-0.2, 0) is 9.53 Å². The fourth-order valence-electron chi connectivity index (χ4n) is 2.55. The highest BCUT2D eigenvalue weighted by atomic mass is 16.6. The molecule has 3 heteroatoms. The number of epoxide rings is 1. The zero-order valence-electron chi connectivity index (χ0n) is 16.2. The average Bonchev–Trinajstić information content (AvgIpc) is 3.36. The van der Waals surface area contributed by atoms with Crippen molar-refractivity contribution >= 4 is 5.97 Å². The van der Waals surface area contributed by atoms with Gasteiger partial charge in [0.25, 0.3) is 0 Å². The van der Waals surface area contributed by atoms with Gasteiger partial charge in [0.2, 0.25) is 0 Å². The van der Waals surface area contributed by atoms with E-state index in [9.17, 15) is 4.79 Å². The Labute approximate surface area is 158 Å². The van der Waals surface area contributed by atoms with Gasteiger partial charge in [-0.2, -0.15) is 0 Å². The molecule has 3 unspecified atom stereocenters. The molecule has 0 radical (unpaired) electrons. The zero-order chi connectivity index (χ0) is 19.0. The van der Waals surface area contributed by atoms with Gasteiger partial charge in [-0.05, 0) is 44.4 Å². The molecule has 1 heterocycles. The van der Waals surface area contributed by atoms with Gasteiger partial charge in [-0.15, -0.1) is 0 Å². The predicted molar refractivity (Wildman–Crippen MR) is 109 cm³/mol. The summed E-state index contributed by atoms with van der Waals surface area (Å²) in [7, 11) is 0. The van der Waals surface area contributed by atoms with Crippen molar-refractivity contribution in [1.82, 2.24) is 0 Å². The molecule has 1 fully saturated rings. The minimum Gasteiger partial charge on any atom is -0.481 e. The van der Waals surface area contributed by atoms with Crippen molar-refractivity contribution < 1.29 is 14.6 Å². The Hall–Kier alpha value is -1.87. The summed E-state index contributed by atoms with van der Waals surface area (Å²) in [5.41, 5.74) is 0. The Bertz CT molecular complexity index is 526. The predicted octanol–water partition coefficient (Wildman–Crippen LogP) is 6.01. The van der Waals surface area contributed by atoms with Gasteiger partial charge >= 0.3 is 5.97 Å². The molecule has 0 aromatic heterocycles. The van der Waals surface area contributed by atoms with E-state index in [1.165, 1.54) is 0 Å². The Morgan fingerprint density at radius 3 is 2.46 bits per heavy atom. The molecule has 3 nitrogen and oxygen atoms in total. The third-order valence-corrected chi connectivity index (χ3v) is 4.17. The van der Waals surface area contributed by atoms with Crippen LogP contribution in [0.15, 0.2) is 60.8 Å². The number of carboxylic acid groups (broad SMARTS) is 1. The van der Waals surface area contributed by atoms with E-state index in [1.807, 2.05) is 0 Å². The fourth-order valence-corrected chi connectivity index (χ4v) is 2.55. The second-order valence-electron chi connectivity index (χ2n) is 6.70. The molecular weight excluding hydrogens is 324 g/mol. The number of hydrogen-bond acceptors (Lipinski definition) is 2. The van der Waals surface area contributed by atoms with E-state index in [-0.39, 0.29) is 18.6 Å². The van der Waals surface area contributed by atoms with Crippen molar-refractivity contribution in [2.75, 3.05) is 0 Å². The third-order valence-electron chi connectivity index (χ3n) is 4.17. The van der Waals surface area contributed by atoms with Crippen LogP contribution in [0.5, 0.6) is 0 Å². The summed E-state index contributed by atoms with van der Waals surface area (Å²) in [6.45, 7) is 4.39. The van der Waals surface area contributed by atoms with E-state index >= 15 is 0 Å². The van der Waals surface area contributed by atoms with Crippen LogP contribution in [0.25, 0.3) is 0 Å². The summed E-state index contributed by atoms with van der Waals surface area (Å²) in [6, 6.07) is 0. The van der Waals surface area contributed by atoms with Crippen LogP contribution in [-0.4, -0.2) is 23.3 Å². The maximum atomic E-state index is 10.5. The van der Waals surface area contributed by atoms with Gasteiger partial charge < -0.3 is 9.84 Å². The summed E-state index contributed by atoms with van der Waals surface area (Å²) in [4.78, 5) is 10.5. The van der Waals surface area contributed by atoms with E-state index in [1.54, 1.807) is 0 Å². The highest BCUT2D eigenvalue weighted by molar-refractivity contribution is 5.66. The molecule has 26 heavy (non-hydrogen) atoms. The minimum atomic E-state index is -0.747. The Morgan fingerprint density at radius 2 is 1.73 bits per heavy atom. The molecule has 0 aromatic carbocycles. The fraction of sp³-hybridized carbons (Fsp3) is 0.522. The topological polar surface area (TPSA) is 49.8 Å². The van der Waals surface area contributed by atoms with E-state index in [2.05, 4.69) is 74.6 Å². The average molecular weight is 359 g/mol. The minimum absolute atomic E-state index is 0.148. The molecule has 0 bridgehead atoms. The second kappa shape index (κ2) is 14.3. The molecule has 0 spiro atoms. The smallest absolute Gasteiger partial charge is 0.303 e. The van der Waals surface area contributed by atoms with Crippen LogP contribution in [0.4, 0.5) is 0 Å². The standard InChI is InChI=1S/C23H34O3/c1-3-4-12-15-20(2)16-13-10-8-6-5-7-9-11-14-17-21-22(26-21)18-19-23(24)25/h4-5,7-8,10-14,16,20-22H,3,6,9,15,17-19H2,1-2H3,(H,24,25)/b7-5-,10-8-,12-4-,14-11-,16-13+. The van der Waals surface area contributed by atoms with E-state index < -0.39 is 5.97 Å². The number of hydrogen-bond donors (Lipinski definition) is 1. The summed E-state index contributed by atoms with van der Waals surface area (Å²) in [5, 5.41) is 8.62. The molecule has 1 saturated heterocycles. The van der Waals surface area contributed by atoms with E-state index in [0.717, 1.165) is 32.1 Å².